The fourth-order valence-electron chi connectivity index (χ4n) is 2.28. The molecule has 3 heterocycles. The maximum absolute atomic E-state index is 2.33. The van der Waals surface area contributed by atoms with E-state index in [0.717, 1.165) is 0 Å². The molecule has 0 atom stereocenters. The summed E-state index contributed by atoms with van der Waals surface area (Å²) in [7, 11) is 0. The van der Waals surface area contributed by atoms with Gasteiger partial charge in [-0.15, -0.1) is 34.0 Å². The topological polar surface area (TPSA) is 0 Å². The Kier molecular flexibility index (Phi) is 1.76. The smallest absolute Gasteiger partial charge is 0.0447 e. The van der Waals surface area contributed by atoms with Crippen LogP contribution >= 0.6 is 34.0 Å². The van der Waals surface area contributed by atoms with E-state index in [0.29, 0.717) is 0 Å². The van der Waals surface area contributed by atoms with Crippen LogP contribution in [0.25, 0.3) is 30.3 Å². The van der Waals surface area contributed by atoms with Gasteiger partial charge in [-0.05, 0) is 35.9 Å². The molecule has 0 aliphatic rings. The van der Waals surface area contributed by atoms with Crippen LogP contribution in [-0.4, -0.2) is 0 Å². The molecule has 0 aliphatic heterocycles. The summed E-state index contributed by atoms with van der Waals surface area (Å²) in [6.07, 6.45) is 0. The third kappa shape index (κ3) is 1.03. The predicted octanol–water partition coefficient (Wildman–Crippen LogP) is 5.64. The number of hydrogen-bond donors (Lipinski definition) is 0. The molecule has 3 aromatic heterocycles. The molecule has 0 N–H and O–H groups in total. The van der Waals surface area contributed by atoms with Gasteiger partial charge in [0.2, 0.25) is 0 Å². The summed E-state index contributed by atoms with van der Waals surface area (Å²) in [4.78, 5) is 1.41. The van der Waals surface area contributed by atoms with Crippen LogP contribution < -0.4 is 0 Å². The van der Waals surface area contributed by atoms with Gasteiger partial charge in [0.25, 0.3) is 0 Å². The minimum absolute atomic E-state index is 1.41. The van der Waals surface area contributed by atoms with Crippen molar-refractivity contribution in [3.05, 3.63) is 33.8 Å². The number of rotatable bonds is 0. The largest absolute Gasteiger partial charge is 0.143 e. The van der Waals surface area contributed by atoms with E-state index < -0.39 is 0 Å². The van der Waals surface area contributed by atoms with Gasteiger partial charge in [0.05, 0.1) is 0 Å². The highest BCUT2D eigenvalue weighted by Crippen LogP contribution is 2.43. The summed E-state index contributed by atoms with van der Waals surface area (Å²) in [6, 6.07) is 6.84. The average molecular weight is 260 g/mol. The molecule has 3 heteroatoms. The van der Waals surface area contributed by atoms with Crippen LogP contribution in [0.3, 0.4) is 0 Å². The van der Waals surface area contributed by atoms with Crippen LogP contribution in [0.15, 0.2) is 29.0 Å². The van der Waals surface area contributed by atoms with Crippen molar-refractivity contribution in [1.82, 2.24) is 0 Å². The zero-order chi connectivity index (χ0) is 10.7. The average Bonchev–Trinajstić information content (AvgIpc) is 2.91. The molecule has 78 valence electrons. The molecule has 0 bridgehead atoms. The molecule has 0 nitrogen and oxygen atoms in total. The summed E-state index contributed by atoms with van der Waals surface area (Å²) in [6.45, 7) is 2.20. The van der Waals surface area contributed by atoms with Crippen LogP contribution in [-0.2, 0) is 0 Å². The minimum Gasteiger partial charge on any atom is -0.143 e. The normalized spacial score (nSPS) is 12.1. The molecule has 0 saturated carbocycles. The van der Waals surface area contributed by atoms with Crippen LogP contribution in [0.1, 0.15) is 4.88 Å². The molecule has 0 saturated heterocycles. The summed E-state index contributed by atoms with van der Waals surface area (Å²) < 4.78 is 4.36. The van der Waals surface area contributed by atoms with E-state index in [-0.39, 0.29) is 0 Å². The molecule has 16 heavy (non-hydrogen) atoms. The maximum atomic E-state index is 2.33. The molecule has 0 unspecified atom stereocenters. The Morgan fingerprint density at radius 3 is 2.19 bits per heavy atom. The first kappa shape index (κ1) is 9.16. The van der Waals surface area contributed by atoms with E-state index in [4.69, 9.17) is 0 Å². The fourth-order valence-corrected chi connectivity index (χ4v) is 5.38. The molecule has 0 amide bonds. The second-order valence-corrected chi connectivity index (χ2v) is 7.02. The molecule has 0 spiro atoms. The van der Waals surface area contributed by atoms with Crippen LogP contribution in [0.4, 0.5) is 0 Å². The number of hydrogen-bond acceptors (Lipinski definition) is 3. The van der Waals surface area contributed by atoms with E-state index in [2.05, 4.69) is 35.9 Å². The van der Waals surface area contributed by atoms with Crippen molar-refractivity contribution in [2.24, 2.45) is 0 Å². The Hall–Kier alpha value is -0.900. The zero-order valence-corrected chi connectivity index (χ0v) is 11.1. The number of thiophene rings is 3. The third-order valence-electron chi connectivity index (χ3n) is 2.92. The molecule has 0 fully saturated rings. The second kappa shape index (κ2) is 3.06. The lowest BCUT2D eigenvalue weighted by atomic mass is 10.1. The first-order valence-electron chi connectivity index (χ1n) is 5.11. The molecular weight excluding hydrogens is 252 g/mol. The van der Waals surface area contributed by atoms with Crippen molar-refractivity contribution in [3.8, 4) is 0 Å². The molecule has 0 radical (unpaired) electrons. The Bertz CT molecular complexity index is 746. The highest BCUT2D eigenvalue weighted by Gasteiger charge is 2.12. The minimum atomic E-state index is 1.41. The monoisotopic (exact) mass is 260 g/mol. The maximum Gasteiger partial charge on any atom is 0.0447 e. The van der Waals surface area contributed by atoms with Gasteiger partial charge >= 0.3 is 0 Å². The molecule has 4 rings (SSSR count). The Balaban J connectivity index is 2.50. The fraction of sp³-hybridized carbons (Fsp3) is 0.0769. The van der Waals surface area contributed by atoms with Gasteiger partial charge in [-0.3, -0.25) is 0 Å². The Morgan fingerprint density at radius 1 is 0.812 bits per heavy atom. The van der Waals surface area contributed by atoms with Crippen molar-refractivity contribution in [2.45, 2.75) is 6.92 Å². The zero-order valence-electron chi connectivity index (χ0n) is 8.61. The van der Waals surface area contributed by atoms with Gasteiger partial charge in [0.1, 0.15) is 0 Å². The quantitative estimate of drug-likeness (QED) is 0.384. The van der Waals surface area contributed by atoms with Gasteiger partial charge in [-0.2, -0.15) is 0 Å². The van der Waals surface area contributed by atoms with Gasteiger partial charge in [-0.25, -0.2) is 0 Å². The van der Waals surface area contributed by atoms with Gasteiger partial charge < -0.3 is 0 Å². The third-order valence-corrected chi connectivity index (χ3v) is 5.90. The van der Waals surface area contributed by atoms with Crippen molar-refractivity contribution in [1.29, 1.82) is 0 Å². The van der Waals surface area contributed by atoms with Gasteiger partial charge in [0, 0.05) is 35.1 Å². The molecular formula is C13H8S3. The van der Waals surface area contributed by atoms with Crippen molar-refractivity contribution in [2.75, 3.05) is 0 Å². The Labute approximate surface area is 105 Å². The lowest BCUT2D eigenvalue weighted by Crippen LogP contribution is -1.67. The van der Waals surface area contributed by atoms with Crippen molar-refractivity contribution < 1.29 is 0 Å². The first-order chi connectivity index (χ1) is 7.84. The summed E-state index contributed by atoms with van der Waals surface area (Å²) in [5, 5.41) is 8.72. The van der Waals surface area contributed by atoms with E-state index in [9.17, 15) is 0 Å². The van der Waals surface area contributed by atoms with Crippen LogP contribution in [0.2, 0.25) is 0 Å². The van der Waals surface area contributed by atoms with Crippen molar-refractivity contribution in [3.63, 3.8) is 0 Å². The SMILES string of the molecule is Cc1cc2c3sccc3c3sccc3c2s1. The highest BCUT2D eigenvalue weighted by molar-refractivity contribution is 7.25. The molecule has 1 aromatic carbocycles. The van der Waals surface area contributed by atoms with Gasteiger partial charge in [0.15, 0.2) is 0 Å². The van der Waals surface area contributed by atoms with E-state index in [1.165, 1.54) is 35.1 Å². The van der Waals surface area contributed by atoms with Gasteiger partial charge in [-0.1, -0.05) is 0 Å². The summed E-state index contributed by atoms with van der Waals surface area (Å²) in [5.41, 5.74) is 0. The molecule has 0 aliphatic carbocycles. The Morgan fingerprint density at radius 2 is 1.44 bits per heavy atom. The van der Waals surface area contributed by atoms with Crippen LogP contribution in [0, 0.1) is 6.92 Å². The highest BCUT2D eigenvalue weighted by atomic mass is 32.1. The molecule has 4 aromatic rings. The second-order valence-electron chi connectivity index (χ2n) is 3.93. The van der Waals surface area contributed by atoms with E-state index in [1.807, 2.05) is 34.0 Å². The first-order valence-corrected chi connectivity index (χ1v) is 7.69. The van der Waals surface area contributed by atoms with Crippen LogP contribution in [0.5, 0.6) is 0 Å². The van der Waals surface area contributed by atoms with E-state index in [1.54, 1.807) is 0 Å². The lowest BCUT2D eigenvalue weighted by Gasteiger charge is -1.96. The van der Waals surface area contributed by atoms with E-state index >= 15 is 0 Å². The number of aryl methyl sites for hydroxylation is 1. The van der Waals surface area contributed by atoms with Crippen molar-refractivity contribution >= 4 is 64.3 Å². The standard InChI is InChI=1S/C13H8S3/c1-7-6-10-12-8(2-4-15-12)11-9(3-5-14-11)13(10)16-7/h2-6H,1H3. The lowest BCUT2D eigenvalue weighted by molar-refractivity contribution is 1.66. The summed E-state index contributed by atoms with van der Waals surface area (Å²) >= 11 is 5.64. The predicted molar refractivity (Wildman–Crippen MR) is 77.3 cm³/mol. The number of fused-ring (bicyclic) bond motifs is 6. The summed E-state index contributed by atoms with van der Waals surface area (Å²) in [5.74, 6) is 0. The number of benzene rings is 1.